The zero-order chi connectivity index (χ0) is 93.7. The third-order valence-electron chi connectivity index (χ3n) is 20.0. The van der Waals surface area contributed by atoms with Crippen molar-refractivity contribution in [2.75, 3.05) is 17.3 Å². The second-order valence-corrected chi connectivity index (χ2v) is 34.8. The number of aliphatic carboxylic acids is 3. The van der Waals surface area contributed by atoms with E-state index < -0.39 is 253 Å². The van der Waals surface area contributed by atoms with Crippen molar-refractivity contribution in [1.29, 1.82) is 0 Å². The number of carbonyl (C=O) groups excluding carboxylic acids is 16. The molecule has 0 saturated heterocycles. The third-order valence-corrected chi connectivity index (χ3v) is 23.3. The normalized spacial score (nSPS) is 24.5. The van der Waals surface area contributed by atoms with Gasteiger partial charge in [0, 0.05) is 60.2 Å². The molecule has 7 rings (SSSR count). The van der Waals surface area contributed by atoms with Crippen molar-refractivity contribution in [3.63, 3.8) is 0 Å². The maximum atomic E-state index is 15.0. The Hall–Kier alpha value is -12.9. The van der Waals surface area contributed by atoms with Crippen molar-refractivity contribution in [1.82, 2.24) is 74.4 Å². The number of phenolic OH excluding ortho intramolecular Hbond substituents is 1. The van der Waals surface area contributed by atoms with Gasteiger partial charge < -0.3 is 112 Å². The Morgan fingerprint density at radius 2 is 0.850 bits per heavy atom. The van der Waals surface area contributed by atoms with Gasteiger partial charge in [-0.15, -0.1) is 0 Å². The third kappa shape index (κ3) is 32.5. The highest BCUT2D eigenvalue weighted by molar-refractivity contribution is 7.99. The average Bonchev–Trinajstić information content (AvgIpc) is 0.835. The molecule has 2 aliphatic heterocycles. The number of thioether (sulfide) groups is 3. The number of fused-ring (bicyclic) bond motifs is 6. The number of rotatable bonds is 18. The molecule has 0 aliphatic carbocycles. The van der Waals surface area contributed by atoms with Crippen LogP contribution in [0.5, 0.6) is 5.75 Å². The summed E-state index contributed by atoms with van der Waals surface area (Å²) in [7, 11) is 0. The first-order valence-corrected chi connectivity index (χ1v) is 43.8. The van der Waals surface area contributed by atoms with Crippen molar-refractivity contribution in [3.05, 3.63) is 149 Å². The summed E-state index contributed by atoms with van der Waals surface area (Å²) in [6, 6.07) is 4.72. The fourth-order valence-corrected chi connectivity index (χ4v) is 16.1. The van der Waals surface area contributed by atoms with Crippen LogP contribution < -0.4 is 91.6 Å². The van der Waals surface area contributed by atoms with Gasteiger partial charge in [0.2, 0.25) is 94.5 Å². The summed E-state index contributed by atoms with van der Waals surface area (Å²) in [5.41, 5.74) is 18.9. The largest absolute Gasteiger partial charge is 0.508 e. The van der Waals surface area contributed by atoms with E-state index in [1.165, 1.54) is 65.8 Å². The van der Waals surface area contributed by atoms with E-state index in [0.29, 0.717) is 38.6 Å². The molecule has 15 atom stereocenters. The second-order valence-electron chi connectivity index (χ2n) is 31.7. The first-order valence-electron chi connectivity index (χ1n) is 40.3. The number of nitrogens with one attached hydrogen (secondary N) is 14. The van der Waals surface area contributed by atoms with Crippen molar-refractivity contribution >= 4 is 158 Å². The van der Waals surface area contributed by atoms with Crippen molar-refractivity contribution in [2.45, 2.75) is 208 Å². The Morgan fingerprint density at radius 1 is 0.433 bits per heavy atom. The zero-order valence-electron chi connectivity index (χ0n) is 70.5. The topological polar surface area (TPSA) is 652 Å². The minimum Gasteiger partial charge on any atom is -0.508 e. The molecule has 43 heteroatoms. The van der Waals surface area contributed by atoms with E-state index in [9.17, 15) is 107 Å². The first-order chi connectivity index (χ1) is 59.9. The second kappa shape index (κ2) is 48.0. The molecule has 127 heavy (non-hydrogen) atoms. The molecular formula is C84H107N17O23S3. The number of carboxylic acids is 3. The average molecular weight is 1820 g/mol. The SMILES string of the molecule is CC(N)C(=O)NC1CSCc2cc3cc(c2)CSCC(NC(=O)C(C)NC(=O)C(Cc2cccc4ccccc24)NC(=O)C(CCC(=O)O)NC(=O)C(CC(N)=O)NC(=O)C(C)NC1=O)C(=O)NC(C)C(=O)NC(CC(=O)O)C(=O)NC(Cc1ccccc1)C(=O)NC(Cc1ccc(O)cc1)C(=O)NC(CC(=O)O)C(=O)NC(C(C)(C)C)C(=O)NC(C(N)=O)CSC3. The van der Waals surface area contributed by atoms with Crippen LogP contribution in [0.3, 0.4) is 0 Å². The smallest absolute Gasteiger partial charge is 0.305 e. The molecule has 0 aromatic heterocycles. The number of nitrogens with two attached hydrogens (primary N) is 3. The molecule has 0 spiro atoms. The number of primary amides is 2. The van der Waals surface area contributed by atoms with E-state index in [0.717, 1.165) is 42.2 Å². The van der Waals surface area contributed by atoms with Gasteiger partial charge in [0.1, 0.15) is 90.3 Å². The lowest BCUT2D eigenvalue weighted by molar-refractivity contribution is -0.142. The number of carbonyl (C=O) groups is 19. The number of amides is 16. The van der Waals surface area contributed by atoms with Crippen LogP contribution in [-0.4, -0.2) is 241 Å². The molecule has 0 radical (unpaired) electrons. The van der Waals surface area contributed by atoms with Gasteiger partial charge in [-0.05, 0) is 95.8 Å². The highest BCUT2D eigenvalue weighted by Crippen LogP contribution is 2.27. The molecule has 16 amide bonds. The van der Waals surface area contributed by atoms with Gasteiger partial charge in [0.15, 0.2) is 0 Å². The van der Waals surface area contributed by atoms with E-state index in [1.54, 1.807) is 91.0 Å². The number of carboxylic acid groups (broad SMARTS) is 3. The Morgan fingerprint density at radius 3 is 1.36 bits per heavy atom. The summed E-state index contributed by atoms with van der Waals surface area (Å²) >= 11 is 3.19. The summed E-state index contributed by atoms with van der Waals surface area (Å²) < 4.78 is 0. The lowest BCUT2D eigenvalue weighted by Crippen LogP contribution is -2.62. The van der Waals surface area contributed by atoms with Crippen LogP contribution in [0.1, 0.15) is 114 Å². The van der Waals surface area contributed by atoms with Crippen LogP contribution in [0, 0.1) is 5.41 Å². The summed E-state index contributed by atoms with van der Waals surface area (Å²) in [6.45, 7) is 9.45. The summed E-state index contributed by atoms with van der Waals surface area (Å²) in [5, 5.41) is 76.5. The van der Waals surface area contributed by atoms with Gasteiger partial charge in [0.25, 0.3) is 0 Å². The molecule has 684 valence electrons. The van der Waals surface area contributed by atoms with E-state index in [4.69, 9.17) is 17.2 Å². The molecular weight excluding hydrogens is 1710 g/mol. The lowest BCUT2D eigenvalue weighted by atomic mass is 9.85. The Labute approximate surface area is 742 Å². The standard InChI is InChI=1S/C84H107N17O23S3/c1-41(85)70(111)99-62-39-126-36-48-26-47-27-49(28-48)37-127-40-63(100-73(114)44(4)88-75(116)57(31-51-18-13-17-50-16-11-12-19-53(50)51)96-74(115)54(24-25-65(104)105)91-78(119)58(32-64(86)103)92-71(112)42(2)89-81(62)122)82(123)90-43(3)72(113)93-59(33-66(106)107)79(120)95-55(29-45-14-9-8-10-15-45)76(117)94-56(30-46-20-22-52(102)23-21-46)77(118)97-60(34-67(108)109)80(121)101-68(84(5,6)7)83(124)98-61(69(87)110)38-125-35-47/h8-23,26-28,41-44,54-63,68,102H,24-25,29-40,85H2,1-7H3,(H2,86,103)(H2,87,110)(H,88,116)(H,89,122)(H,90,123)(H,91,119)(H,92,112)(H,93,113)(H,94,117)(H,95,120)(H,96,115)(H,97,118)(H,98,124)(H,99,111)(H,100,114)(H,101,121)(H,104,105)(H,106,107)(H,108,109). The highest BCUT2D eigenvalue weighted by atomic mass is 32.2. The number of phenols is 1. The quantitative estimate of drug-likeness (QED) is 0.0428. The van der Waals surface area contributed by atoms with Gasteiger partial charge in [0.05, 0.1) is 25.3 Å². The number of aromatic hydroxyl groups is 1. The number of benzene rings is 5. The van der Waals surface area contributed by atoms with Gasteiger partial charge in [-0.1, -0.05) is 124 Å². The first kappa shape index (κ1) is 101. The van der Waals surface area contributed by atoms with Crippen LogP contribution in [0.4, 0.5) is 0 Å². The fraction of sp³-hybridized carbons (Fsp3) is 0.440. The molecule has 4 bridgehead atoms. The number of hydrogen-bond acceptors (Lipinski definition) is 24. The monoisotopic (exact) mass is 1820 g/mol. The van der Waals surface area contributed by atoms with Gasteiger partial charge in [-0.3, -0.25) is 91.1 Å². The predicted octanol–water partition coefficient (Wildman–Crippen LogP) is -2.58. The number of hydrogen-bond donors (Lipinski definition) is 21. The Bertz CT molecular complexity index is 4900. The van der Waals surface area contributed by atoms with Crippen molar-refractivity contribution in [3.8, 4) is 5.75 Å². The zero-order valence-corrected chi connectivity index (χ0v) is 73.0. The van der Waals surface area contributed by atoms with Gasteiger partial charge >= 0.3 is 17.9 Å². The molecule has 5 aromatic rings. The Balaban J connectivity index is 1.36. The molecule has 5 aromatic carbocycles. The van der Waals surface area contributed by atoms with Crippen LogP contribution in [-0.2, 0) is 128 Å². The molecule has 15 unspecified atom stereocenters. The summed E-state index contributed by atoms with van der Waals surface area (Å²) in [6.07, 6.45) is -5.91. The fourth-order valence-electron chi connectivity index (χ4n) is 13.2. The van der Waals surface area contributed by atoms with E-state index >= 15 is 4.79 Å². The lowest BCUT2D eigenvalue weighted by Gasteiger charge is -2.33. The van der Waals surface area contributed by atoms with Crippen molar-refractivity contribution in [2.24, 2.45) is 22.6 Å². The van der Waals surface area contributed by atoms with Crippen molar-refractivity contribution < 1.29 is 112 Å². The van der Waals surface area contributed by atoms with E-state index in [-0.39, 0.29) is 52.3 Å². The Kier molecular flexibility index (Phi) is 38.2. The molecule has 24 N–H and O–H groups in total. The maximum Gasteiger partial charge on any atom is 0.305 e. The van der Waals surface area contributed by atoms with E-state index in [2.05, 4.69) is 74.4 Å². The highest BCUT2D eigenvalue weighted by Gasteiger charge is 2.41. The maximum absolute atomic E-state index is 15.0. The molecule has 2 heterocycles. The minimum absolute atomic E-state index is 0.0252. The van der Waals surface area contributed by atoms with Crippen LogP contribution in [0.15, 0.2) is 115 Å². The molecule has 0 fully saturated rings. The summed E-state index contributed by atoms with van der Waals surface area (Å²) in [5.74, 6) is -23.7. The predicted molar refractivity (Wildman–Crippen MR) is 466 cm³/mol. The van der Waals surface area contributed by atoms with Crippen LogP contribution in [0.2, 0.25) is 0 Å². The van der Waals surface area contributed by atoms with Gasteiger partial charge in [-0.2, -0.15) is 35.3 Å². The van der Waals surface area contributed by atoms with Crippen LogP contribution in [0.25, 0.3) is 10.8 Å². The molecule has 0 saturated carbocycles. The molecule has 40 nitrogen and oxygen atoms in total. The van der Waals surface area contributed by atoms with Crippen LogP contribution >= 0.6 is 35.3 Å². The molecule has 2 aliphatic rings. The summed E-state index contributed by atoms with van der Waals surface area (Å²) in [4.78, 5) is 267. The van der Waals surface area contributed by atoms with E-state index in [1.807, 2.05) is 0 Å². The van der Waals surface area contributed by atoms with Gasteiger partial charge in [-0.25, -0.2) is 0 Å². The minimum atomic E-state index is -2.07.